The van der Waals surface area contributed by atoms with Crippen molar-refractivity contribution in [1.82, 2.24) is 0 Å². The molecule has 1 unspecified atom stereocenters. The van der Waals surface area contributed by atoms with Gasteiger partial charge in [-0.1, -0.05) is 98.2 Å². The molecule has 0 fully saturated rings. The van der Waals surface area contributed by atoms with Gasteiger partial charge in [0.15, 0.2) is 0 Å². The van der Waals surface area contributed by atoms with E-state index in [0.29, 0.717) is 5.92 Å². The first kappa shape index (κ1) is 17.8. The fraction of sp³-hybridized carbons (Fsp3) is 0.250. The number of halogens is 1. The molecule has 0 aliphatic carbocycles. The van der Waals surface area contributed by atoms with Gasteiger partial charge in [-0.05, 0) is 47.6 Å². The molecule has 0 N–H and O–H groups in total. The van der Waals surface area contributed by atoms with E-state index in [9.17, 15) is 0 Å². The molecular weight excluding hydrogens is 324 g/mol. The fourth-order valence-corrected chi connectivity index (χ4v) is 3.82. The lowest BCUT2D eigenvalue weighted by molar-refractivity contribution is 0.688. The summed E-state index contributed by atoms with van der Waals surface area (Å²) in [6, 6.07) is 27.8. The average molecular weight is 349 g/mol. The second kappa shape index (κ2) is 7.45. The number of benzene rings is 3. The Balaban J connectivity index is 2.17. The molecule has 0 amide bonds. The second-order valence-electron chi connectivity index (χ2n) is 6.90. The summed E-state index contributed by atoms with van der Waals surface area (Å²) in [6.07, 6.45) is 1.15. The lowest BCUT2D eigenvalue weighted by Crippen LogP contribution is -2.25. The molecule has 0 heterocycles. The van der Waals surface area contributed by atoms with E-state index < -0.39 is 0 Å². The summed E-state index contributed by atoms with van der Waals surface area (Å²) >= 11 is 6.61. The molecule has 0 aliphatic heterocycles. The van der Waals surface area contributed by atoms with Crippen molar-refractivity contribution in [2.24, 2.45) is 0 Å². The van der Waals surface area contributed by atoms with Gasteiger partial charge in [-0.2, -0.15) is 0 Å². The molecular formula is C24H25Cl. The van der Waals surface area contributed by atoms with E-state index >= 15 is 0 Å². The standard InChI is InChI=1S/C24H25Cl/c1-4-18(2)19-14-16-21(17-15-19)24(3,20-10-6-5-7-11-20)22-12-8-9-13-23(22)25/h5-18H,4H2,1-3H3/t18-,24?/m0/s1. The van der Waals surface area contributed by atoms with Gasteiger partial charge >= 0.3 is 0 Å². The molecule has 25 heavy (non-hydrogen) atoms. The maximum absolute atomic E-state index is 6.61. The van der Waals surface area contributed by atoms with Gasteiger partial charge in [0.25, 0.3) is 0 Å². The third-order valence-corrected chi connectivity index (χ3v) is 5.76. The van der Waals surface area contributed by atoms with Crippen molar-refractivity contribution in [1.29, 1.82) is 0 Å². The summed E-state index contributed by atoms with van der Waals surface area (Å²) in [4.78, 5) is 0. The van der Waals surface area contributed by atoms with Crippen LogP contribution < -0.4 is 0 Å². The Kier molecular flexibility index (Phi) is 5.30. The van der Waals surface area contributed by atoms with Gasteiger partial charge in [-0.15, -0.1) is 0 Å². The molecule has 1 heteroatoms. The molecule has 128 valence electrons. The quantitative estimate of drug-likeness (QED) is 0.427. The van der Waals surface area contributed by atoms with Crippen LogP contribution in [0.25, 0.3) is 0 Å². The van der Waals surface area contributed by atoms with E-state index in [0.717, 1.165) is 17.0 Å². The van der Waals surface area contributed by atoms with Crippen LogP contribution in [0.5, 0.6) is 0 Å². The van der Waals surface area contributed by atoms with E-state index in [2.05, 4.69) is 87.5 Å². The third-order valence-electron chi connectivity index (χ3n) is 5.43. The molecule has 0 nitrogen and oxygen atoms in total. The zero-order valence-electron chi connectivity index (χ0n) is 15.2. The molecule has 0 saturated heterocycles. The van der Waals surface area contributed by atoms with Crippen molar-refractivity contribution in [2.75, 3.05) is 0 Å². The molecule has 0 radical (unpaired) electrons. The average Bonchev–Trinajstić information content (AvgIpc) is 2.68. The third kappa shape index (κ3) is 3.37. The Labute approximate surface area is 156 Å². The molecule has 0 aromatic heterocycles. The van der Waals surface area contributed by atoms with Crippen LogP contribution in [-0.4, -0.2) is 0 Å². The Morgan fingerprint density at radius 2 is 1.36 bits per heavy atom. The summed E-state index contributed by atoms with van der Waals surface area (Å²) in [6.45, 7) is 6.78. The Bertz CT molecular complexity index is 820. The van der Waals surface area contributed by atoms with Crippen LogP contribution in [0.15, 0.2) is 78.9 Å². The van der Waals surface area contributed by atoms with E-state index in [1.165, 1.54) is 16.7 Å². The predicted molar refractivity (Wildman–Crippen MR) is 109 cm³/mol. The lowest BCUT2D eigenvalue weighted by Gasteiger charge is -2.33. The van der Waals surface area contributed by atoms with Crippen molar-refractivity contribution < 1.29 is 0 Å². The molecule has 3 aromatic carbocycles. The number of rotatable bonds is 5. The zero-order chi connectivity index (χ0) is 17.9. The van der Waals surface area contributed by atoms with Gasteiger partial charge in [0.05, 0.1) is 0 Å². The number of hydrogen-bond acceptors (Lipinski definition) is 0. The van der Waals surface area contributed by atoms with Crippen molar-refractivity contribution >= 4 is 11.6 Å². The van der Waals surface area contributed by atoms with E-state index in [4.69, 9.17) is 11.6 Å². The highest BCUT2D eigenvalue weighted by Crippen LogP contribution is 2.42. The van der Waals surface area contributed by atoms with Crippen LogP contribution in [0.1, 0.15) is 55.4 Å². The summed E-state index contributed by atoms with van der Waals surface area (Å²) in [5.74, 6) is 0.581. The Hall–Kier alpha value is -2.05. The summed E-state index contributed by atoms with van der Waals surface area (Å²) in [7, 11) is 0. The highest BCUT2D eigenvalue weighted by Gasteiger charge is 2.32. The largest absolute Gasteiger partial charge is 0.0840 e. The fourth-order valence-electron chi connectivity index (χ4n) is 3.50. The molecule has 2 atom stereocenters. The molecule has 0 bridgehead atoms. The van der Waals surface area contributed by atoms with E-state index in [1.54, 1.807) is 0 Å². The zero-order valence-corrected chi connectivity index (χ0v) is 15.9. The van der Waals surface area contributed by atoms with Crippen LogP contribution in [-0.2, 0) is 5.41 Å². The number of hydrogen-bond donors (Lipinski definition) is 0. The summed E-state index contributed by atoms with van der Waals surface area (Å²) < 4.78 is 0. The summed E-state index contributed by atoms with van der Waals surface area (Å²) in [5.41, 5.74) is 4.76. The SMILES string of the molecule is CC[C@H](C)c1ccc(C(C)(c2ccccc2)c2ccccc2Cl)cc1. The summed E-state index contributed by atoms with van der Waals surface area (Å²) in [5, 5.41) is 0.805. The van der Waals surface area contributed by atoms with E-state index in [1.807, 2.05) is 12.1 Å². The van der Waals surface area contributed by atoms with Gasteiger partial charge in [0, 0.05) is 10.4 Å². The smallest absolute Gasteiger partial charge is 0.0450 e. The first-order valence-corrected chi connectivity index (χ1v) is 9.36. The first-order chi connectivity index (χ1) is 12.1. The minimum Gasteiger partial charge on any atom is -0.0840 e. The van der Waals surface area contributed by atoms with Gasteiger partial charge in [-0.25, -0.2) is 0 Å². The van der Waals surface area contributed by atoms with E-state index in [-0.39, 0.29) is 5.41 Å². The van der Waals surface area contributed by atoms with Gasteiger partial charge in [0.1, 0.15) is 0 Å². The second-order valence-corrected chi connectivity index (χ2v) is 7.31. The highest BCUT2D eigenvalue weighted by molar-refractivity contribution is 6.31. The van der Waals surface area contributed by atoms with Gasteiger partial charge < -0.3 is 0 Å². The van der Waals surface area contributed by atoms with Gasteiger partial charge in [0.2, 0.25) is 0 Å². The lowest BCUT2D eigenvalue weighted by atomic mass is 9.71. The minimum atomic E-state index is -0.284. The highest BCUT2D eigenvalue weighted by atomic mass is 35.5. The maximum Gasteiger partial charge on any atom is 0.0450 e. The van der Waals surface area contributed by atoms with Crippen molar-refractivity contribution in [2.45, 2.75) is 38.5 Å². The molecule has 0 aliphatic rings. The van der Waals surface area contributed by atoms with Crippen molar-refractivity contribution in [3.8, 4) is 0 Å². The van der Waals surface area contributed by atoms with Crippen LogP contribution >= 0.6 is 11.6 Å². The first-order valence-electron chi connectivity index (χ1n) is 8.98. The molecule has 3 rings (SSSR count). The molecule has 3 aromatic rings. The topological polar surface area (TPSA) is 0 Å². The monoisotopic (exact) mass is 348 g/mol. The van der Waals surface area contributed by atoms with Crippen LogP contribution in [0, 0.1) is 0 Å². The van der Waals surface area contributed by atoms with Crippen LogP contribution in [0.4, 0.5) is 0 Å². The maximum atomic E-state index is 6.61. The van der Waals surface area contributed by atoms with Crippen LogP contribution in [0.2, 0.25) is 5.02 Å². The molecule has 0 spiro atoms. The molecule has 0 saturated carbocycles. The Morgan fingerprint density at radius 3 is 1.96 bits per heavy atom. The minimum absolute atomic E-state index is 0.284. The van der Waals surface area contributed by atoms with Gasteiger partial charge in [-0.3, -0.25) is 0 Å². The van der Waals surface area contributed by atoms with Crippen LogP contribution in [0.3, 0.4) is 0 Å². The van der Waals surface area contributed by atoms with Crippen molar-refractivity contribution in [3.05, 3.63) is 106 Å². The predicted octanol–water partition coefficient (Wildman–Crippen LogP) is 7.21. The van der Waals surface area contributed by atoms with Crippen molar-refractivity contribution in [3.63, 3.8) is 0 Å². The Morgan fingerprint density at radius 1 is 0.800 bits per heavy atom. The normalized spacial score (nSPS) is 14.7.